The molecule has 0 saturated carbocycles. The molecule has 2 heteroatoms. The van der Waals surface area contributed by atoms with Crippen LogP contribution in [0.15, 0.2) is 103 Å². The molecule has 1 atom stereocenters. The topological polar surface area (TPSA) is 7.76 Å². The zero-order valence-electron chi connectivity index (χ0n) is 20.7. The fourth-order valence-electron chi connectivity index (χ4n) is 5.61. The fourth-order valence-corrected chi connectivity index (χ4v) is 5.61. The van der Waals surface area contributed by atoms with Crippen LogP contribution in [0.25, 0.3) is 22.0 Å². The first-order valence-corrected chi connectivity index (χ1v) is 11.9. The molecule has 0 spiro atoms. The van der Waals surface area contributed by atoms with Crippen molar-refractivity contribution in [3.8, 4) is 11.3 Å². The van der Waals surface area contributed by atoms with Gasteiger partial charge in [0.1, 0.15) is 14.1 Å². The van der Waals surface area contributed by atoms with Crippen LogP contribution in [0.5, 0.6) is 0 Å². The average Bonchev–Trinajstić information content (AvgIpc) is 2.84. The third-order valence-corrected chi connectivity index (χ3v) is 7.37. The lowest BCUT2D eigenvalue weighted by molar-refractivity contribution is -0.691. The van der Waals surface area contributed by atoms with Gasteiger partial charge < -0.3 is 0 Å². The quantitative estimate of drug-likeness (QED) is 0.295. The summed E-state index contributed by atoms with van der Waals surface area (Å²) < 4.78 is 4.68. The molecule has 0 radical (unpaired) electrons. The number of fused-ring (bicyclic) bond motifs is 1. The standard InChI is InChI=1S/C32H32N2/c1-23-14-6-9-17-26(23)31-27-18-10-8-16-25(27)22-30(34(31)5)32(3,28-19-11-7-15-24(28)2)29-20-12-13-21-33(29)4/h6-22H,1-5H3/q+2. The third kappa shape index (κ3) is 3.42. The summed E-state index contributed by atoms with van der Waals surface area (Å²) in [4.78, 5) is 0. The van der Waals surface area contributed by atoms with Crippen LogP contribution in [0.1, 0.15) is 35.0 Å². The van der Waals surface area contributed by atoms with Gasteiger partial charge in [-0.05, 0) is 55.0 Å². The normalized spacial score (nSPS) is 13.1. The Bertz CT molecular complexity index is 1470. The van der Waals surface area contributed by atoms with E-state index in [0.29, 0.717) is 0 Å². The van der Waals surface area contributed by atoms with Gasteiger partial charge in [0.25, 0.3) is 0 Å². The molecular formula is C32H32N2+2. The van der Waals surface area contributed by atoms with E-state index in [1.807, 2.05) is 0 Å². The minimum absolute atomic E-state index is 0.364. The van der Waals surface area contributed by atoms with Gasteiger partial charge in [0.2, 0.25) is 17.1 Å². The highest BCUT2D eigenvalue weighted by atomic mass is 15.0. The first-order chi connectivity index (χ1) is 16.4. The first kappa shape index (κ1) is 22.0. The lowest BCUT2D eigenvalue weighted by Gasteiger charge is -2.28. The molecule has 0 aliphatic heterocycles. The van der Waals surface area contributed by atoms with Gasteiger partial charge in [0.05, 0.1) is 5.39 Å². The van der Waals surface area contributed by atoms with Gasteiger partial charge in [-0.1, -0.05) is 66.7 Å². The molecule has 34 heavy (non-hydrogen) atoms. The second kappa shape index (κ2) is 8.53. The van der Waals surface area contributed by atoms with Crippen molar-refractivity contribution in [1.29, 1.82) is 0 Å². The molecule has 2 heterocycles. The predicted octanol–water partition coefficient (Wildman–Crippen LogP) is 6.13. The van der Waals surface area contributed by atoms with Crippen LogP contribution in [0.2, 0.25) is 0 Å². The number of pyridine rings is 2. The first-order valence-electron chi connectivity index (χ1n) is 11.9. The fraction of sp³-hybridized carbons (Fsp3) is 0.188. The maximum atomic E-state index is 2.42. The monoisotopic (exact) mass is 444 g/mol. The Morgan fingerprint density at radius 1 is 0.647 bits per heavy atom. The van der Waals surface area contributed by atoms with Crippen molar-refractivity contribution in [1.82, 2.24) is 0 Å². The number of hydrogen-bond donors (Lipinski definition) is 0. The molecule has 0 amide bonds. The van der Waals surface area contributed by atoms with Gasteiger partial charge in [-0.2, -0.15) is 4.57 Å². The van der Waals surface area contributed by atoms with E-state index >= 15 is 0 Å². The lowest BCUT2D eigenvalue weighted by Crippen LogP contribution is -2.50. The van der Waals surface area contributed by atoms with Gasteiger partial charge in [-0.25, -0.2) is 4.57 Å². The number of aryl methyl sites for hydroxylation is 3. The van der Waals surface area contributed by atoms with Crippen LogP contribution >= 0.6 is 0 Å². The van der Waals surface area contributed by atoms with Crippen LogP contribution in [-0.4, -0.2) is 0 Å². The van der Waals surface area contributed by atoms with Crippen LogP contribution < -0.4 is 9.13 Å². The molecular weight excluding hydrogens is 412 g/mol. The molecule has 168 valence electrons. The molecule has 5 aromatic rings. The molecule has 2 aromatic heterocycles. The lowest BCUT2D eigenvalue weighted by atomic mass is 9.73. The molecule has 0 aliphatic rings. The second-order valence-corrected chi connectivity index (χ2v) is 9.48. The van der Waals surface area contributed by atoms with Gasteiger partial charge in [-0.3, -0.25) is 0 Å². The summed E-state index contributed by atoms with van der Waals surface area (Å²) in [5.74, 6) is 0. The average molecular weight is 445 g/mol. The highest BCUT2D eigenvalue weighted by Crippen LogP contribution is 2.40. The van der Waals surface area contributed by atoms with E-state index in [0.717, 1.165) is 0 Å². The van der Waals surface area contributed by atoms with Crippen LogP contribution in [0.3, 0.4) is 0 Å². The van der Waals surface area contributed by atoms with Gasteiger partial charge in [0.15, 0.2) is 11.6 Å². The molecule has 0 aliphatic carbocycles. The summed E-state index contributed by atoms with van der Waals surface area (Å²) in [5.41, 5.74) is 8.57. The second-order valence-electron chi connectivity index (χ2n) is 9.48. The zero-order chi connectivity index (χ0) is 23.9. The number of rotatable bonds is 4. The molecule has 0 fully saturated rings. The van der Waals surface area contributed by atoms with Crippen LogP contribution in [-0.2, 0) is 19.5 Å². The summed E-state index contributed by atoms with van der Waals surface area (Å²) in [6.07, 6.45) is 2.15. The number of benzene rings is 3. The number of nitrogens with zero attached hydrogens (tertiary/aromatic N) is 2. The van der Waals surface area contributed by atoms with Crippen molar-refractivity contribution in [2.24, 2.45) is 14.1 Å². The summed E-state index contributed by atoms with van der Waals surface area (Å²) in [6, 6.07) is 35.2. The molecule has 0 bridgehead atoms. The highest BCUT2D eigenvalue weighted by Gasteiger charge is 2.46. The van der Waals surface area contributed by atoms with Crippen molar-refractivity contribution >= 4 is 10.8 Å². The predicted molar refractivity (Wildman–Crippen MR) is 140 cm³/mol. The Kier molecular flexibility index (Phi) is 5.53. The molecule has 0 N–H and O–H groups in total. The highest BCUT2D eigenvalue weighted by molar-refractivity contribution is 5.94. The number of hydrogen-bond acceptors (Lipinski definition) is 0. The summed E-state index contributed by atoms with van der Waals surface area (Å²) in [7, 11) is 4.37. The van der Waals surface area contributed by atoms with E-state index in [1.54, 1.807) is 0 Å². The van der Waals surface area contributed by atoms with Crippen molar-refractivity contribution in [3.05, 3.63) is 131 Å². The van der Waals surface area contributed by atoms with Crippen molar-refractivity contribution < 1.29 is 9.13 Å². The summed E-state index contributed by atoms with van der Waals surface area (Å²) in [6.45, 7) is 6.80. The smallest absolute Gasteiger partial charge is 0.204 e. The Balaban J connectivity index is 1.95. The summed E-state index contributed by atoms with van der Waals surface area (Å²) in [5, 5.41) is 2.53. The van der Waals surface area contributed by atoms with Crippen molar-refractivity contribution in [2.45, 2.75) is 26.2 Å². The Morgan fingerprint density at radius 2 is 1.29 bits per heavy atom. The number of aromatic nitrogens is 2. The maximum Gasteiger partial charge on any atom is 0.220 e. The van der Waals surface area contributed by atoms with Gasteiger partial charge >= 0.3 is 0 Å². The maximum absolute atomic E-state index is 2.42. The van der Waals surface area contributed by atoms with E-state index in [2.05, 4.69) is 147 Å². The Labute approximate surface area is 202 Å². The third-order valence-electron chi connectivity index (χ3n) is 7.37. The van der Waals surface area contributed by atoms with Crippen molar-refractivity contribution in [2.75, 3.05) is 0 Å². The minimum Gasteiger partial charge on any atom is -0.204 e. The van der Waals surface area contributed by atoms with Gasteiger partial charge in [-0.15, -0.1) is 0 Å². The van der Waals surface area contributed by atoms with Crippen LogP contribution in [0, 0.1) is 13.8 Å². The van der Waals surface area contributed by atoms with E-state index < -0.39 is 0 Å². The Morgan fingerprint density at radius 3 is 2.03 bits per heavy atom. The van der Waals surface area contributed by atoms with E-state index in [4.69, 9.17) is 0 Å². The molecule has 0 saturated heterocycles. The SMILES string of the molecule is Cc1ccccc1-c1c2ccccc2cc(C(C)(c2ccccc2C)c2cccc[n+]2C)[n+]1C. The summed E-state index contributed by atoms with van der Waals surface area (Å²) >= 11 is 0. The zero-order valence-corrected chi connectivity index (χ0v) is 20.7. The van der Waals surface area contributed by atoms with Gasteiger partial charge in [0, 0.05) is 23.8 Å². The Hall–Kier alpha value is -3.78. The molecule has 5 rings (SSSR count). The van der Waals surface area contributed by atoms with Crippen molar-refractivity contribution in [3.63, 3.8) is 0 Å². The molecule has 3 aromatic carbocycles. The minimum atomic E-state index is -0.364. The molecule has 2 nitrogen and oxygen atoms in total. The van der Waals surface area contributed by atoms with E-state index in [1.165, 1.54) is 50.1 Å². The van der Waals surface area contributed by atoms with Crippen LogP contribution in [0.4, 0.5) is 0 Å². The van der Waals surface area contributed by atoms with E-state index in [9.17, 15) is 0 Å². The molecule has 1 unspecified atom stereocenters. The largest absolute Gasteiger partial charge is 0.220 e. The van der Waals surface area contributed by atoms with E-state index in [-0.39, 0.29) is 5.41 Å².